The van der Waals surface area contributed by atoms with Crippen LogP contribution < -0.4 is 5.32 Å². The van der Waals surface area contributed by atoms with Gasteiger partial charge in [0.1, 0.15) is 0 Å². The maximum absolute atomic E-state index is 9.17. The molecule has 0 fully saturated rings. The summed E-state index contributed by atoms with van der Waals surface area (Å²) in [6.07, 6.45) is 0.762. The lowest BCUT2D eigenvalue weighted by atomic mass is 10.2. The molecule has 0 saturated heterocycles. The van der Waals surface area contributed by atoms with Gasteiger partial charge in [-0.25, -0.2) is 0 Å². The molecule has 0 bridgehead atoms. The first-order valence-electron chi connectivity index (χ1n) is 5.44. The van der Waals surface area contributed by atoms with Gasteiger partial charge in [0.2, 0.25) is 0 Å². The van der Waals surface area contributed by atoms with Gasteiger partial charge in [0.05, 0.1) is 6.61 Å². The lowest BCUT2D eigenvalue weighted by Gasteiger charge is -2.16. The van der Waals surface area contributed by atoms with E-state index in [4.69, 9.17) is 27.9 Å². The lowest BCUT2D eigenvalue weighted by Crippen LogP contribution is -2.33. The summed E-state index contributed by atoms with van der Waals surface area (Å²) >= 11 is 11.9. The first-order valence-corrected chi connectivity index (χ1v) is 6.20. The van der Waals surface area contributed by atoms with Gasteiger partial charge in [-0.3, -0.25) is 0 Å². The van der Waals surface area contributed by atoms with Gasteiger partial charge in [-0.1, -0.05) is 29.3 Å². The lowest BCUT2D eigenvalue weighted by molar-refractivity contribution is 0.159. The van der Waals surface area contributed by atoms with Gasteiger partial charge in [-0.2, -0.15) is 0 Å². The largest absolute Gasteiger partial charge is 0.395 e. The molecule has 1 aromatic rings. The van der Waals surface area contributed by atoms with E-state index in [2.05, 4.69) is 5.32 Å². The standard InChI is InChI=1S/C12H17Cl2NO2/c1-17-5-4-11(8-16)15-7-9-2-3-10(13)6-12(9)14/h2-3,6,11,15-16H,4-5,7-8H2,1H3. The number of nitrogens with one attached hydrogen (secondary N) is 1. The van der Waals surface area contributed by atoms with Crippen molar-refractivity contribution in [1.29, 1.82) is 0 Å². The third-order valence-electron chi connectivity index (χ3n) is 2.49. The molecule has 1 aromatic carbocycles. The molecule has 5 heteroatoms. The predicted octanol–water partition coefficient (Wildman–Crippen LogP) is 2.48. The average Bonchev–Trinajstić information content (AvgIpc) is 2.31. The highest BCUT2D eigenvalue weighted by molar-refractivity contribution is 6.35. The van der Waals surface area contributed by atoms with Crippen LogP contribution in [0, 0.1) is 0 Å². The van der Waals surface area contributed by atoms with Crippen molar-refractivity contribution in [2.24, 2.45) is 0 Å². The fourth-order valence-electron chi connectivity index (χ4n) is 1.44. The monoisotopic (exact) mass is 277 g/mol. The summed E-state index contributed by atoms with van der Waals surface area (Å²) in [5.41, 5.74) is 0.965. The number of rotatable bonds is 7. The van der Waals surface area contributed by atoms with Crippen LogP contribution in [-0.2, 0) is 11.3 Å². The van der Waals surface area contributed by atoms with Gasteiger partial charge < -0.3 is 15.2 Å². The molecule has 3 nitrogen and oxygen atoms in total. The van der Waals surface area contributed by atoms with Crippen LogP contribution in [0.4, 0.5) is 0 Å². The van der Waals surface area contributed by atoms with Crippen molar-refractivity contribution in [3.8, 4) is 0 Å². The van der Waals surface area contributed by atoms with Crippen LogP contribution in [-0.4, -0.2) is 31.5 Å². The average molecular weight is 278 g/mol. The Morgan fingerprint density at radius 3 is 2.76 bits per heavy atom. The Bertz CT molecular complexity index is 347. The van der Waals surface area contributed by atoms with Gasteiger partial charge in [0.15, 0.2) is 0 Å². The quantitative estimate of drug-likeness (QED) is 0.805. The summed E-state index contributed by atoms with van der Waals surface area (Å²) in [6, 6.07) is 5.40. The maximum Gasteiger partial charge on any atom is 0.0585 e. The second kappa shape index (κ2) is 7.90. The van der Waals surface area contributed by atoms with Crippen molar-refractivity contribution in [2.45, 2.75) is 19.0 Å². The summed E-state index contributed by atoms with van der Waals surface area (Å²) in [4.78, 5) is 0. The fourth-order valence-corrected chi connectivity index (χ4v) is 1.91. The molecule has 1 rings (SSSR count). The summed E-state index contributed by atoms with van der Waals surface area (Å²) < 4.78 is 4.97. The Balaban J connectivity index is 2.47. The highest BCUT2D eigenvalue weighted by Crippen LogP contribution is 2.20. The van der Waals surface area contributed by atoms with E-state index in [-0.39, 0.29) is 12.6 Å². The van der Waals surface area contributed by atoms with Crippen molar-refractivity contribution in [1.82, 2.24) is 5.32 Å². The first-order chi connectivity index (χ1) is 8.17. The number of hydrogen-bond donors (Lipinski definition) is 2. The van der Waals surface area contributed by atoms with Crippen LogP contribution in [0.3, 0.4) is 0 Å². The SMILES string of the molecule is COCCC(CO)NCc1ccc(Cl)cc1Cl. The molecule has 2 N–H and O–H groups in total. The van der Waals surface area contributed by atoms with Crippen molar-refractivity contribution < 1.29 is 9.84 Å². The minimum atomic E-state index is 0.0155. The fraction of sp³-hybridized carbons (Fsp3) is 0.500. The van der Waals surface area contributed by atoms with Crippen molar-refractivity contribution >= 4 is 23.2 Å². The highest BCUT2D eigenvalue weighted by Gasteiger charge is 2.08. The van der Waals surface area contributed by atoms with Gasteiger partial charge >= 0.3 is 0 Å². The van der Waals surface area contributed by atoms with Crippen LogP contribution in [0.2, 0.25) is 10.0 Å². The van der Waals surface area contributed by atoms with Crippen LogP contribution >= 0.6 is 23.2 Å². The zero-order chi connectivity index (χ0) is 12.7. The summed E-state index contributed by atoms with van der Waals surface area (Å²) in [5, 5.41) is 13.7. The smallest absolute Gasteiger partial charge is 0.0585 e. The zero-order valence-corrected chi connectivity index (χ0v) is 11.3. The van der Waals surface area contributed by atoms with E-state index in [1.807, 2.05) is 6.07 Å². The molecule has 0 amide bonds. The second-order valence-corrected chi connectivity index (χ2v) is 4.62. The second-order valence-electron chi connectivity index (χ2n) is 3.78. The molecule has 17 heavy (non-hydrogen) atoms. The Labute approximate surface area is 112 Å². The zero-order valence-electron chi connectivity index (χ0n) is 9.75. The van der Waals surface area contributed by atoms with Crippen molar-refractivity contribution in [2.75, 3.05) is 20.3 Å². The number of aliphatic hydroxyl groups is 1. The molecular weight excluding hydrogens is 261 g/mol. The highest BCUT2D eigenvalue weighted by atomic mass is 35.5. The van der Waals surface area contributed by atoms with Crippen molar-refractivity contribution in [3.63, 3.8) is 0 Å². The molecule has 0 heterocycles. The summed E-state index contributed by atoms with van der Waals surface area (Å²) in [6.45, 7) is 1.30. The number of methoxy groups -OCH3 is 1. The minimum Gasteiger partial charge on any atom is -0.395 e. The first kappa shape index (κ1) is 14.7. The Hall–Kier alpha value is -0.320. The molecule has 0 saturated carbocycles. The van der Waals surface area contributed by atoms with Crippen LogP contribution in [0.15, 0.2) is 18.2 Å². The Kier molecular flexibility index (Phi) is 6.85. The normalized spacial score (nSPS) is 12.7. The molecule has 96 valence electrons. The van der Waals surface area contributed by atoms with Crippen LogP contribution in [0.1, 0.15) is 12.0 Å². The summed E-state index contributed by atoms with van der Waals surface area (Å²) in [5.74, 6) is 0. The molecule has 0 radical (unpaired) electrons. The Morgan fingerprint density at radius 2 is 2.18 bits per heavy atom. The number of benzene rings is 1. The van der Waals surface area contributed by atoms with E-state index in [0.29, 0.717) is 23.2 Å². The number of halogens is 2. The van der Waals surface area contributed by atoms with E-state index >= 15 is 0 Å². The van der Waals surface area contributed by atoms with Crippen LogP contribution in [0.25, 0.3) is 0 Å². The molecule has 0 aliphatic rings. The molecule has 1 atom stereocenters. The van der Waals surface area contributed by atoms with E-state index in [0.717, 1.165) is 12.0 Å². The third kappa shape index (κ3) is 5.23. The van der Waals surface area contributed by atoms with Gasteiger partial charge in [-0.15, -0.1) is 0 Å². The third-order valence-corrected chi connectivity index (χ3v) is 3.07. The maximum atomic E-state index is 9.17. The van der Waals surface area contributed by atoms with Gasteiger partial charge in [0.25, 0.3) is 0 Å². The molecule has 0 aromatic heterocycles. The number of hydrogen-bond acceptors (Lipinski definition) is 3. The minimum absolute atomic E-state index is 0.0155. The van der Waals surface area contributed by atoms with Gasteiger partial charge in [-0.05, 0) is 24.1 Å². The predicted molar refractivity (Wildman–Crippen MR) is 70.7 cm³/mol. The van der Waals surface area contributed by atoms with E-state index in [1.54, 1.807) is 19.2 Å². The van der Waals surface area contributed by atoms with E-state index < -0.39 is 0 Å². The van der Waals surface area contributed by atoms with Gasteiger partial charge in [0, 0.05) is 36.3 Å². The number of aliphatic hydroxyl groups excluding tert-OH is 1. The van der Waals surface area contributed by atoms with Crippen molar-refractivity contribution in [3.05, 3.63) is 33.8 Å². The summed E-state index contributed by atoms with van der Waals surface area (Å²) in [7, 11) is 1.64. The molecule has 0 spiro atoms. The molecule has 0 aliphatic heterocycles. The number of ether oxygens (including phenoxy) is 1. The molecule has 0 aliphatic carbocycles. The Morgan fingerprint density at radius 1 is 1.41 bits per heavy atom. The van der Waals surface area contributed by atoms with E-state index in [9.17, 15) is 5.11 Å². The van der Waals surface area contributed by atoms with E-state index in [1.165, 1.54) is 0 Å². The van der Waals surface area contributed by atoms with Crippen LogP contribution in [0.5, 0.6) is 0 Å². The topological polar surface area (TPSA) is 41.5 Å². The molecular formula is C12H17Cl2NO2. The molecule has 1 unspecified atom stereocenters.